The first-order valence-electron chi connectivity index (χ1n) is 7.32. The van der Waals surface area contributed by atoms with Gasteiger partial charge in [-0.05, 0) is 43.4 Å². The number of rotatable bonds is 4. The molecule has 0 aromatic heterocycles. The molecule has 1 fully saturated rings. The number of amides is 1. The van der Waals surface area contributed by atoms with Crippen LogP contribution in [0.5, 0.6) is 11.5 Å². The number of hydrogen-bond acceptors (Lipinski definition) is 4. The van der Waals surface area contributed by atoms with Crippen LogP contribution in [0.25, 0.3) is 0 Å². The van der Waals surface area contributed by atoms with Gasteiger partial charge in [-0.25, -0.2) is 0 Å². The molecule has 0 bridgehead atoms. The number of nitriles is 1. The van der Waals surface area contributed by atoms with E-state index in [1.807, 2.05) is 0 Å². The van der Waals surface area contributed by atoms with Crippen LogP contribution in [-0.2, 0) is 11.2 Å². The van der Waals surface area contributed by atoms with Crippen molar-refractivity contribution in [2.75, 3.05) is 13.2 Å². The fraction of sp³-hybridized carbons (Fsp3) is 0.500. The molecule has 1 saturated carbocycles. The Hall–Kier alpha value is -1.93. The maximum absolute atomic E-state index is 12.2. The van der Waals surface area contributed by atoms with Gasteiger partial charge in [0, 0.05) is 0 Å². The van der Waals surface area contributed by atoms with E-state index >= 15 is 0 Å². The Morgan fingerprint density at radius 1 is 1.45 bits per heavy atom. The van der Waals surface area contributed by atoms with Crippen molar-refractivity contribution in [1.82, 2.24) is 5.32 Å². The molecule has 1 aliphatic heterocycles. The van der Waals surface area contributed by atoms with E-state index in [9.17, 15) is 10.1 Å². The van der Waals surface area contributed by atoms with Crippen LogP contribution in [0.2, 0.25) is 5.02 Å². The maximum atomic E-state index is 12.2. The normalized spacial score (nSPS) is 19.0. The summed E-state index contributed by atoms with van der Waals surface area (Å²) in [5.74, 6) is 1.15. The van der Waals surface area contributed by atoms with Crippen LogP contribution in [0, 0.1) is 17.2 Å². The van der Waals surface area contributed by atoms with E-state index in [4.69, 9.17) is 21.1 Å². The van der Waals surface area contributed by atoms with Crippen molar-refractivity contribution in [3.05, 3.63) is 22.7 Å². The quantitative estimate of drug-likeness (QED) is 0.925. The second-order valence-electron chi connectivity index (χ2n) is 5.92. The van der Waals surface area contributed by atoms with E-state index in [0.29, 0.717) is 29.7 Å². The largest absolute Gasteiger partial charge is 0.486 e. The second kappa shape index (κ2) is 5.69. The third kappa shape index (κ3) is 2.97. The number of hydrogen-bond donors (Lipinski definition) is 1. The van der Waals surface area contributed by atoms with Crippen LogP contribution in [0.1, 0.15) is 25.3 Å². The molecule has 0 radical (unpaired) electrons. The molecule has 5 nitrogen and oxygen atoms in total. The summed E-state index contributed by atoms with van der Waals surface area (Å²) in [4.78, 5) is 12.2. The van der Waals surface area contributed by atoms with Crippen LogP contribution in [0.3, 0.4) is 0 Å². The zero-order chi connectivity index (χ0) is 15.7. The molecule has 1 aromatic rings. The summed E-state index contributed by atoms with van der Waals surface area (Å²) in [7, 11) is 0. The van der Waals surface area contributed by atoms with Gasteiger partial charge in [0.05, 0.1) is 17.5 Å². The number of benzene rings is 1. The number of carbonyl (C=O) groups excluding carboxylic acids is 1. The van der Waals surface area contributed by atoms with Gasteiger partial charge in [0.15, 0.2) is 11.5 Å². The number of fused-ring (bicyclic) bond motifs is 1. The highest BCUT2D eigenvalue weighted by molar-refractivity contribution is 6.32. The monoisotopic (exact) mass is 320 g/mol. The van der Waals surface area contributed by atoms with E-state index in [2.05, 4.69) is 11.4 Å². The molecule has 116 valence electrons. The Bertz CT molecular complexity index is 652. The summed E-state index contributed by atoms with van der Waals surface area (Å²) in [6.45, 7) is 2.71. The molecule has 1 atom stereocenters. The van der Waals surface area contributed by atoms with Gasteiger partial charge >= 0.3 is 0 Å². The molecule has 1 aromatic carbocycles. The summed E-state index contributed by atoms with van der Waals surface area (Å²) in [6, 6.07) is 5.68. The van der Waals surface area contributed by atoms with Gasteiger partial charge in [-0.15, -0.1) is 0 Å². The third-order valence-electron chi connectivity index (χ3n) is 4.05. The van der Waals surface area contributed by atoms with Crippen LogP contribution in [-0.4, -0.2) is 24.7 Å². The Kier molecular flexibility index (Phi) is 3.88. The van der Waals surface area contributed by atoms with Crippen molar-refractivity contribution in [2.45, 2.75) is 31.7 Å². The standard InChI is InChI=1S/C16H17ClN2O3/c1-16(9-18,11-2-3-11)19-14(20)8-10-6-12(17)15-13(7-10)21-4-5-22-15/h6-7,11H,2-5,8H2,1H3,(H,19,20)/t16-/m0/s1. The van der Waals surface area contributed by atoms with Crippen LogP contribution >= 0.6 is 11.6 Å². The van der Waals surface area contributed by atoms with Gasteiger partial charge < -0.3 is 14.8 Å². The first kappa shape index (κ1) is 15.0. The van der Waals surface area contributed by atoms with Crippen LogP contribution < -0.4 is 14.8 Å². The zero-order valence-corrected chi connectivity index (χ0v) is 13.1. The van der Waals surface area contributed by atoms with Crippen molar-refractivity contribution >= 4 is 17.5 Å². The molecule has 0 saturated heterocycles. The average molecular weight is 321 g/mol. The number of ether oxygens (including phenoxy) is 2. The summed E-state index contributed by atoms with van der Waals surface area (Å²) >= 11 is 6.16. The van der Waals surface area contributed by atoms with Crippen LogP contribution in [0.4, 0.5) is 0 Å². The van der Waals surface area contributed by atoms with Gasteiger partial charge in [-0.3, -0.25) is 4.79 Å². The lowest BCUT2D eigenvalue weighted by atomic mass is 9.97. The lowest BCUT2D eigenvalue weighted by Crippen LogP contribution is -2.47. The van der Waals surface area contributed by atoms with E-state index in [1.54, 1.807) is 19.1 Å². The summed E-state index contributed by atoms with van der Waals surface area (Å²) < 4.78 is 11.0. The van der Waals surface area contributed by atoms with Crippen molar-refractivity contribution in [2.24, 2.45) is 5.92 Å². The first-order chi connectivity index (χ1) is 10.5. The van der Waals surface area contributed by atoms with Crippen molar-refractivity contribution in [3.63, 3.8) is 0 Å². The van der Waals surface area contributed by atoms with Crippen molar-refractivity contribution in [3.8, 4) is 17.6 Å². The van der Waals surface area contributed by atoms with Gasteiger partial charge in [0.2, 0.25) is 5.91 Å². The smallest absolute Gasteiger partial charge is 0.225 e. The second-order valence-corrected chi connectivity index (χ2v) is 6.32. The molecule has 3 rings (SSSR count). The zero-order valence-electron chi connectivity index (χ0n) is 12.3. The molecule has 1 heterocycles. The van der Waals surface area contributed by atoms with E-state index < -0.39 is 5.54 Å². The molecule has 22 heavy (non-hydrogen) atoms. The SMILES string of the molecule is C[C@@](C#N)(NC(=O)Cc1cc(Cl)c2c(c1)OCCO2)C1CC1. The van der Waals surface area contributed by atoms with E-state index in [1.165, 1.54) is 0 Å². The molecule has 0 unspecified atom stereocenters. The lowest BCUT2D eigenvalue weighted by molar-refractivity contribution is -0.121. The highest BCUT2D eigenvalue weighted by Crippen LogP contribution is 2.40. The molecule has 6 heteroatoms. The van der Waals surface area contributed by atoms with Crippen LogP contribution in [0.15, 0.2) is 12.1 Å². The van der Waals surface area contributed by atoms with Crippen molar-refractivity contribution < 1.29 is 14.3 Å². The summed E-state index contributed by atoms with van der Waals surface area (Å²) in [6.07, 6.45) is 2.13. The molecular weight excluding hydrogens is 304 g/mol. The minimum absolute atomic E-state index is 0.153. The minimum Gasteiger partial charge on any atom is -0.486 e. The van der Waals surface area contributed by atoms with E-state index in [-0.39, 0.29) is 18.2 Å². The number of carbonyl (C=O) groups is 1. The van der Waals surface area contributed by atoms with E-state index in [0.717, 1.165) is 18.4 Å². The Balaban J connectivity index is 1.72. The molecule has 1 N–H and O–H groups in total. The lowest BCUT2D eigenvalue weighted by Gasteiger charge is -2.23. The minimum atomic E-state index is -0.783. The average Bonchev–Trinajstić information content (AvgIpc) is 3.32. The first-order valence-corrected chi connectivity index (χ1v) is 7.70. The van der Waals surface area contributed by atoms with Gasteiger partial charge in [-0.2, -0.15) is 5.26 Å². The topological polar surface area (TPSA) is 71.4 Å². The summed E-state index contributed by atoms with van der Waals surface area (Å²) in [5, 5.41) is 12.6. The predicted octanol–water partition coefficient (Wildman–Crippen LogP) is 2.46. The highest BCUT2D eigenvalue weighted by atomic mass is 35.5. The van der Waals surface area contributed by atoms with Crippen molar-refractivity contribution in [1.29, 1.82) is 5.26 Å². The fourth-order valence-corrected chi connectivity index (χ4v) is 2.96. The Labute approximate surface area is 134 Å². The summed E-state index contributed by atoms with van der Waals surface area (Å²) in [5.41, 5.74) is -0.0443. The van der Waals surface area contributed by atoms with Gasteiger partial charge in [0.25, 0.3) is 0 Å². The molecule has 2 aliphatic rings. The number of nitrogens with one attached hydrogen (secondary N) is 1. The Morgan fingerprint density at radius 2 is 2.18 bits per heavy atom. The fourth-order valence-electron chi connectivity index (χ4n) is 2.67. The highest BCUT2D eigenvalue weighted by Gasteiger charge is 2.42. The number of nitrogens with zero attached hydrogens (tertiary/aromatic N) is 1. The maximum Gasteiger partial charge on any atom is 0.225 e. The van der Waals surface area contributed by atoms with Gasteiger partial charge in [0.1, 0.15) is 18.8 Å². The molecule has 0 spiro atoms. The molecular formula is C16H17ClN2O3. The number of halogens is 1. The third-order valence-corrected chi connectivity index (χ3v) is 4.33. The molecule has 1 aliphatic carbocycles. The predicted molar refractivity (Wildman–Crippen MR) is 81.0 cm³/mol. The molecule has 1 amide bonds. The Morgan fingerprint density at radius 3 is 2.86 bits per heavy atom. The van der Waals surface area contributed by atoms with Gasteiger partial charge in [-0.1, -0.05) is 11.6 Å².